The van der Waals surface area contributed by atoms with Crippen LogP contribution in [0, 0.1) is 0 Å². The largest absolute Gasteiger partial charge is 0.338 e. The summed E-state index contributed by atoms with van der Waals surface area (Å²) < 4.78 is 0. The van der Waals surface area contributed by atoms with Crippen molar-refractivity contribution < 1.29 is 4.79 Å². The van der Waals surface area contributed by atoms with Crippen molar-refractivity contribution in [3.05, 3.63) is 35.9 Å². The maximum atomic E-state index is 11.1. The molecule has 0 aliphatic carbocycles. The summed E-state index contributed by atoms with van der Waals surface area (Å²) >= 11 is 0. The highest BCUT2D eigenvalue weighted by Gasteiger charge is 2.16. The minimum Gasteiger partial charge on any atom is -0.338 e. The lowest BCUT2D eigenvalue weighted by molar-refractivity contribution is -0.123. The van der Waals surface area contributed by atoms with Crippen LogP contribution in [-0.2, 0) is 11.2 Å². The first kappa shape index (κ1) is 9.18. The van der Waals surface area contributed by atoms with Crippen LogP contribution >= 0.6 is 0 Å². The van der Waals surface area contributed by atoms with Gasteiger partial charge in [-0.3, -0.25) is 4.79 Å². The number of nitrogens with one attached hydrogen (secondary N) is 3. The molecule has 14 heavy (non-hydrogen) atoms. The zero-order chi connectivity index (χ0) is 9.80. The van der Waals surface area contributed by atoms with Gasteiger partial charge in [-0.1, -0.05) is 30.3 Å². The van der Waals surface area contributed by atoms with Crippen molar-refractivity contribution in [3.63, 3.8) is 0 Å². The van der Waals surface area contributed by atoms with Crippen molar-refractivity contribution in [3.8, 4) is 0 Å². The molecule has 1 heterocycles. The average molecular weight is 191 g/mol. The molecule has 0 spiro atoms. The molecule has 4 nitrogen and oxygen atoms in total. The fraction of sp³-hybridized carbons (Fsp3) is 0.300. The molecule has 0 aromatic heterocycles. The second-order valence-corrected chi connectivity index (χ2v) is 3.31. The predicted octanol–water partition coefficient (Wildman–Crippen LogP) is -0.221. The van der Waals surface area contributed by atoms with Gasteiger partial charge in [0.2, 0.25) is 5.91 Å². The highest BCUT2D eigenvalue weighted by molar-refractivity contribution is 5.78. The summed E-state index contributed by atoms with van der Waals surface area (Å²) in [5, 5.41) is 2.85. The predicted molar refractivity (Wildman–Crippen MR) is 53.2 cm³/mol. The van der Waals surface area contributed by atoms with Crippen molar-refractivity contribution in [2.24, 2.45) is 0 Å². The van der Waals surface area contributed by atoms with Gasteiger partial charge in [0.25, 0.3) is 0 Å². The van der Waals surface area contributed by atoms with Gasteiger partial charge < -0.3 is 5.32 Å². The van der Waals surface area contributed by atoms with E-state index >= 15 is 0 Å². The van der Waals surface area contributed by atoms with E-state index in [0.717, 1.165) is 6.42 Å². The molecule has 0 saturated carbocycles. The number of hydrogen-bond acceptors (Lipinski definition) is 3. The van der Waals surface area contributed by atoms with E-state index in [9.17, 15) is 4.79 Å². The fourth-order valence-corrected chi connectivity index (χ4v) is 1.49. The lowest BCUT2D eigenvalue weighted by atomic mass is 10.1. The number of benzene rings is 1. The van der Waals surface area contributed by atoms with E-state index in [1.165, 1.54) is 5.56 Å². The molecule has 1 saturated heterocycles. The molecule has 1 unspecified atom stereocenters. The quantitative estimate of drug-likeness (QED) is 0.605. The smallest absolute Gasteiger partial charge is 0.236 e. The molecular formula is C10H13N3O. The fourth-order valence-electron chi connectivity index (χ4n) is 1.49. The van der Waals surface area contributed by atoms with E-state index in [-0.39, 0.29) is 12.1 Å². The summed E-state index contributed by atoms with van der Waals surface area (Å²) in [4.78, 5) is 11.1. The third kappa shape index (κ3) is 2.31. The van der Waals surface area contributed by atoms with Crippen molar-refractivity contribution in [1.82, 2.24) is 16.2 Å². The first-order valence-electron chi connectivity index (χ1n) is 4.66. The molecule has 1 aromatic carbocycles. The molecule has 1 fully saturated rings. The van der Waals surface area contributed by atoms with Crippen LogP contribution in [0.3, 0.4) is 0 Å². The summed E-state index contributed by atoms with van der Waals surface area (Å²) in [5.41, 5.74) is 7.06. The number of hydrazine groups is 1. The summed E-state index contributed by atoms with van der Waals surface area (Å²) in [6, 6.07) is 10.1. The summed E-state index contributed by atoms with van der Waals surface area (Å²) in [6.45, 7) is 0.339. The van der Waals surface area contributed by atoms with E-state index in [1.54, 1.807) is 0 Å². The second-order valence-electron chi connectivity index (χ2n) is 3.31. The molecule has 0 bridgehead atoms. The average Bonchev–Trinajstić information content (AvgIpc) is 2.19. The molecule has 1 aromatic rings. The van der Waals surface area contributed by atoms with Gasteiger partial charge in [0.05, 0.1) is 12.7 Å². The minimum atomic E-state index is -0.0151. The van der Waals surface area contributed by atoms with Crippen LogP contribution in [0.25, 0.3) is 0 Å². The molecule has 74 valence electrons. The van der Waals surface area contributed by atoms with Crippen molar-refractivity contribution >= 4 is 5.91 Å². The Bertz CT molecular complexity index is 312. The van der Waals surface area contributed by atoms with Crippen molar-refractivity contribution in [1.29, 1.82) is 0 Å². The van der Waals surface area contributed by atoms with Crippen LogP contribution in [0.4, 0.5) is 0 Å². The minimum absolute atomic E-state index is 0.0151. The number of carbonyl (C=O) groups is 1. The second kappa shape index (κ2) is 4.21. The lowest BCUT2D eigenvalue weighted by Crippen LogP contribution is -2.60. The number of carbonyl (C=O) groups excluding carboxylic acids is 1. The molecule has 0 radical (unpaired) electrons. The van der Waals surface area contributed by atoms with E-state index in [4.69, 9.17) is 0 Å². The third-order valence-corrected chi connectivity index (χ3v) is 2.14. The lowest BCUT2D eigenvalue weighted by Gasteiger charge is -2.25. The Labute approximate surface area is 82.7 Å². The Morgan fingerprint density at radius 3 is 2.79 bits per heavy atom. The summed E-state index contributed by atoms with van der Waals surface area (Å²) in [6.07, 6.45) is 0.776. The van der Waals surface area contributed by atoms with E-state index in [0.29, 0.717) is 6.54 Å². The molecule has 4 heteroatoms. The Balaban J connectivity index is 1.94. The van der Waals surface area contributed by atoms with Crippen LogP contribution < -0.4 is 16.2 Å². The first-order valence-corrected chi connectivity index (χ1v) is 4.66. The summed E-state index contributed by atoms with van der Waals surface area (Å²) in [5.74, 6) is 0.0321. The zero-order valence-electron chi connectivity index (χ0n) is 7.79. The van der Waals surface area contributed by atoms with Crippen molar-refractivity contribution in [2.75, 3.05) is 6.54 Å². The molecule has 2 rings (SSSR count). The van der Waals surface area contributed by atoms with Crippen LogP contribution in [0.2, 0.25) is 0 Å². The normalized spacial score (nSPS) is 21.7. The molecular weight excluding hydrogens is 178 g/mol. The SMILES string of the molecule is O=C1CNNC(Cc2ccccc2)N1. The van der Waals surface area contributed by atoms with Crippen molar-refractivity contribution in [2.45, 2.75) is 12.6 Å². The number of rotatable bonds is 2. The zero-order valence-corrected chi connectivity index (χ0v) is 7.79. The Morgan fingerprint density at radius 1 is 1.29 bits per heavy atom. The molecule has 1 aliphatic heterocycles. The Hall–Kier alpha value is -1.39. The first-order chi connectivity index (χ1) is 6.84. The molecule has 3 N–H and O–H groups in total. The van der Waals surface area contributed by atoms with E-state index in [1.807, 2.05) is 30.3 Å². The summed E-state index contributed by atoms with van der Waals surface area (Å²) in [7, 11) is 0. The van der Waals surface area contributed by atoms with Gasteiger partial charge in [0.15, 0.2) is 0 Å². The van der Waals surface area contributed by atoms with Gasteiger partial charge >= 0.3 is 0 Å². The van der Waals surface area contributed by atoms with Crippen LogP contribution in [0.5, 0.6) is 0 Å². The standard InChI is InChI=1S/C10H13N3O/c14-10-7-11-13-9(12-10)6-8-4-2-1-3-5-8/h1-5,9,11,13H,6-7H2,(H,12,14). The Morgan fingerprint density at radius 2 is 2.07 bits per heavy atom. The van der Waals surface area contributed by atoms with Gasteiger partial charge in [-0.15, -0.1) is 0 Å². The van der Waals surface area contributed by atoms with Gasteiger partial charge in [-0.05, 0) is 5.56 Å². The monoisotopic (exact) mass is 191 g/mol. The van der Waals surface area contributed by atoms with E-state index in [2.05, 4.69) is 16.2 Å². The van der Waals surface area contributed by atoms with Gasteiger partial charge in [0.1, 0.15) is 0 Å². The molecule has 1 amide bonds. The molecule has 1 atom stereocenters. The van der Waals surface area contributed by atoms with Gasteiger partial charge in [-0.2, -0.15) is 0 Å². The van der Waals surface area contributed by atoms with E-state index < -0.39 is 0 Å². The molecule has 1 aliphatic rings. The topological polar surface area (TPSA) is 53.2 Å². The van der Waals surface area contributed by atoms with Crippen LogP contribution in [0.15, 0.2) is 30.3 Å². The highest BCUT2D eigenvalue weighted by atomic mass is 16.2. The number of hydrogen-bond donors (Lipinski definition) is 3. The van der Waals surface area contributed by atoms with Crippen LogP contribution in [0.1, 0.15) is 5.56 Å². The van der Waals surface area contributed by atoms with Gasteiger partial charge in [-0.25, -0.2) is 10.9 Å². The van der Waals surface area contributed by atoms with Gasteiger partial charge in [0, 0.05) is 6.42 Å². The highest BCUT2D eigenvalue weighted by Crippen LogP contribution is 2.01. The van der Waals surface area contributed by atoms with Crippen LogP contribution in [-0.4, -0.2) is 18.6 Å². The Kier molecular flexibility index (Phi) is 2.76. The maximum absolute atomic E-state index is 11.1. The maximum Gasteiger partial charge on any atom is 0.236 e. The number of amides is 1. The third-order valence-electron chi connectivity index (χ3n) is 2.14.